The fourth-order valence-corrected chi connectivity index (χ4v) is 2.95. The number of hydrogen-bond donors (Lipinski definition) is 1. The van der Waals surface area contributed by atoms with Crippen molar-refractivity contribution >= 4 is 22.9 Å². The minimum Gasteiger partial charge on any atom is -0.371 e. The van der Waals surface area contributed by atoms with Gasteiger partial charge in [0.05, 0.1) is 11.4 Å². The van der Waals surface area contributed by atoms with E-state index < -0.39 is 12.1 Å². The van der Waals surface area contributed by atoms with Gasteiger partial charge in [0, 0.05) is 12.4 Å². The molecule has 0 fully saturated rings. The first-order valence-corrected chi connectivity index (χ1v) is 6.79. The highest BCUT2D eigenvalue weighted by molar-refractivity contribution is 6.14. The van der Waals surface area contributed by atoms with Gasteiger partial charge in [-0.2, -0.15) is 0 Å². The molecule has 1 aromatic heterocycles. The van der Waals surface area contributed by atoms with Crippen molar-refractivity contribution < 1.29 is 9.59 Å². The molecule has 1 aromatic carbocycles. The lowest BCUT2D eigenvalue weighted by atomic mass is 9.90. The molecule has 2 aromatic rings. The highest BCUT2D eigenvalue weighted by atomic mass is 16.1. The second-order valence-corrected chi connectivity index (χ2v) is 5.13. The van der Waals surface area contributed by atoms with Crippen LogP contribution in [0.5, 0.6) is 0 Å². The Labute approximate surface area is 121 Å². The second kappa shape index (κ2) is 4.34. The van der Waals surface area contributed by atoms with E-state index in [2.05, 4.69) is 5.32 Å². The van der Waals surface area contributed by atoms with Crippen molar-refractivity contribution in [1.82, 2.24) is 4.68 Å². The average Bonchev–Trinajstić information content (AvgIpc) is 3.03. The van der Waals surface area contributed by atoms with Gasteiger partial charge in [-0.15, -0.1) is 0 Å². The van der Waals surface area contributed by atoms with E-state index in [1.54, 1.807) is 0 Å². The summed E-state index contributed by atoms with van der Waals surface area (Å²) in [6, 6.07) is 10.3. The van der Waals surface area contributed by atoms with Gasteiger partial charge in [0.15, 0.2) is 11.6 Å². The first kappa shape index (κ1) is 12.0. The number of carbonyl (C=O) groups is 2. The van der Waals surface area contributed by atoms with Gasteiger partial charge < -0.3 is 5.32 Å². The number of hydrogen-bond acceptors (Lipinski definition) is 4. The third kappa shape index (κ3) is 1.71. The summed E-state index contributed by atoms with van der Waals surface area (Å²) in [4.78, 5) is 24.5. The Morgan fingerprint density at radius 1 is 0.905 bits per heavy atom. The topological polar surface area (TPSA) is 54.3 Å². The summed E-state index contributed by atoms with van der Waals surface area (Å²) in [5.41, 5.74) is 1.73. The molecule has 2 heterocycles. The van der Waals surface area contributed by atoms with Crippen LogP contribution in [0.4, 0.5) is 11.4 Å². The van der Waals surface area contributed by atoms with Gasteiger partial charge in [-0.05, 0) is 36.4 Å². The Hall–Kier alpha value is -2.82. The lowest BCUT2D eigenvalue weighted by molar-refractivity contribution is -0.123. The van der Waals surface area contributed by atoms with E-state index in [9.17, 15) is 9.59 Å². The number of benzene rings is 1. The van der Waals surface area contributed by atoms with Crippen LogP contribution in [0.3, 0.4) is 0 Å². The Morgan fingerprint density at radius 3 is 2.43 bits per heavy atom. The number of rotatable bonds is 1. The predicted octanol–water partition coefficient (Wildman–Crippen LogP) is 1.63. The Balaban J connectivity index is 1.93. The SMILES string of the molecule is O=C1C=CC(=O)C2C1Nc1ccccc1N2n1cccc1. The Kier molecular flexibility index (Phi) is 2.47. The van der Waals surface area contributed by atoms with E-state index in [1.165, 1.54) is 12.2 Å². The molecule has 0 saturated heterocycles. The summed E-state index contributed by atoms with van der Waals surface area (Å²) in [6.07, 6.45) is 6.47. The molecule has 5 heteroatoms. The van der Waals surface area contributed by atoms with E-state index in [1.807, 2.05) is 58.5 Å². The number of anilines is 2. The maximum absolute atomic E-state index is 12.4. The van der Waals surface area contributed by atoms with Crippen LogP contribution in [0, 0.1) is 0 Å². The Bertz CT molecular complexity index is 749. The number of aromatic nitrogens is 1. The van der Waals surface area contributed by atoms with E-state index in [4.69, 9.17) is 0 Å². The van der Waals surface area contributed by atoms with Gasteiger partial charge >= 0.3 is 0 Å². The van der Waals surface area contributed by atoms with E-state index in [0.717, 1.165) is 11.4 Å². The first-order valence-electron chi connectivity index (χ1n) is 6.79. The molecule has 21 heavy (non-hydrogen) atoms. The molecule has 4 rings (SSSR count). The molecule has 0 amide bonds. The zero-order chi connectivity index (χ0) is 14.4. The lowest BCUT2D eigenvalue weighted by Gasteiger charge is -2.43. The van der Waals surface area contributed by atoms with Crippen LogP contribution in [0.2, 0.25) is 0 Å². The summed E-state index contributed by atoms with van der Waals surface area (Å²) < 4.78 is 1.85. The number of ketones is 2. The van der Waals surface area contributed by atoms with Gasteiger partial charge in [-0.25, -0.2) is 0 Å². The Morgan fingerprint density at radius 2 is 1.62 bits per heavy atom. The standard InChI is InChI=1S/C16H13N3O2/c20-13-7-8-14(21)16-15(13)17-11-5-1-2-6-12(11)19(16)18-9-3-4-10-18/h1-10,15-17H. The minimum absolute atomic E-state index is 0.0738. The van der Waals surface area contributed by atoms with Crippen LogP contribution in [-0.2, 0) is 9.59 Å². The quantitative estimate of drug-likeness (QED) is 0.862. The zero-order valence-corrected chi connectivity index (χ0v) is 11.1. The van der Waals surface area contributed by atoms with Crippen molar-refractivity contribution in [3.05, 3.63) is 60.9 Å². The molecule has 0 saturated carbocycles. The number of nitrogens with one attached hydrogen (secondary N) is 1. The van der Waals surface area contributed by atoms with E-state index in [-0.39, 0.29) is 11.6 Å². The van der Waals surface area contributed by atoms with Gasteiger partial charge in [-0.3, -0.25) is 19.3 Å². The maximum atomic E-state index is 12.4. The van der Waals surface area contributed by atoms with Crippen LogP contribution >= 0.6 is 0 Å². The van der Waals surface area contributed by atoms with Crippen molar-refractivity contribution in [3.8, 4) is 0 Å². The number of carbonyl (C=O) groups excluding carboxylic acids is 2. The molecule has 1 aliphatic heterocycles. The van der Waals surface area contributed by atoms with Crippen molar-refractivity contribution in [3.63, 3.8) is 0 Å². The first-order chi connectivity index (χ1) is 10.3. The average molecular weight is 279 g/mol. The largest absolute Gasteiger partial charge is 0.371 e. The second-order valence-electron chi connectivity index (χ2n) is 5.13. The summed E-state index contributed by atoms with van der Waals surface area (Å²) in [7, 11) is 0. The monoisotopic (exact) mass is 279 g/mol. The molecule has 2 aliphatic rings. The van der Waals surface area contributed by atoms with Gasteiger partial charge in [0.1, 0.15) is 12.1 Å². The van der Waals surface area contributed by atoms with Crippen molar-refractivity contribution in [2.75, 3.05) is 10.3 Å². The molecule has 2 unspecified atom stereocenters. The zero-order valence-electron chi connectivity index (χ0n) is 11.1. The predicted molar refractivity (Wildman–Crippen MR) is 79.1 cm³/mol. The fraction of sp³-hybridized carbons (Fsp3) is 0.125. The van der Waals surface area contributed by atoms with E-state index >= 15 is 0 Å². The molecule has 1 aliphatic carbocycles. The highest BCUT2D eigenvalue weighted by Crippen LogP contribution is 2.36. The van der Waals surface area contributed by atoms with Crippen LogP contribution in [0.25, 0.3) is 0 Å². The van der Waals surface area contributed by atoms with Gasteiger partial charge in [-0.1, -0.05) is 12.1 Å². The number of para-hydroxylation sites is 2. The molecule has 0 bridgehead atoms. The van der Waals surface area contributed by atoms with Gasteiger partial charge in [0.25, 0.3) is 0 Å². The van der Waals surface area contributed by atoms with Crippen LogP contribution < -0.4 is 10.3 Å². The van der Waals surface area contributed by atoms with Crippen LogP contribution in [0.1, 0.15) is 0 Å². The van der Waals surface area contributed by atoms with Crippen LogP contribution in [-0.4, -0.2) is 28.3 Å². The van der Waals surface area contributed by atoms with Crippen molar-refractivity contribution in [1.29, 1.82) is 0 Å². The fourth-order valence-electron chi connectivity index (χ4n) is 2.95. The maximum Gasteiger partial charge on any atom is 0.182 e. The van der Waals surface area contributed by atoms with E-state index in [0.29, 0.717) is 0 Å². The third-order valence-electron chi connectivity index (χ3n) is 3.89. The normalized spacial score (nSPS) is 23.5. The van der Waals surface area contributed by atoms with Crippen molar-refractivity contribution in [2.45, 2.75) is 12.1 Å². The molecule has 5 nitrogen and oxygen atoms in total. The molecule has 104 valence electrons. The number of fused-ring (bicyclic) bond motifs is 2. The summed E-state index contributed by atoms with van der Waals surface area (Å²) in [5, 5.41) is 5.07. The molecule has 0 radical (unpaired) electrons. The third-order valence-corrected chi connectivity index (χ3v) is 3.89. The molecule has 2 atom stereocenters. The summed E-state index contributed by atoms with van der Waals surface area (Å²) in [6.45, 7) is 0. The minimum atomic E-state index is -0.565. The smallest absolute Gasteiger partial charge is 0.182 e. The molecule has 1 N–H and O–H groups in total. The van der Waals surface area contributed by atoms with Gasteiger partial charge in [0.2, 0.25) is 0 Å². The lowest BCUT2D eigenvalue weighted by Crippen LogP contribution is -2.60. The molecular weight excluding hydrogens is 266 g/mol. The van der Waals surface area contributed by atoms with Crippen molar-refractivity contribution in [2.24, 2.45) is 0 Å². The summed E-state index contributed by atoms with van der Waals surface area (Å²) >= 11 is 0. The molecule has 0 spiro atoms. The highest BCUT2D eigenvalue weighted by Gasteiger charge is 2.43. The summed E-state index contributed by atoms with van der Waals surface area (Å²) in [5.74, 6) is -0.151. The molecular formula is C16H13N3O2. The van der Waals surface area contributed by atoms with Crippen LogP contribution in [0.15, 0.2) is 60.9 Å². The number of nitrogens with zero attached hydrogens (tertiary/aromatic N) is 2.